The van der Waals surface area contributed by atoms with Gasteiger partial charge in [0, 0.05) is 18.7 Å². The van der Waals surface area contributed by atoms with Crippen LogP contribution in [-0.2, 0) is 11.2 Å². The Balaban J connectivity index is 0.000000243. The summed E-state index contributed by atoms with van der Waals surface area (Å²) in [4.78, 5) is 12.2. The fourth-order valence-corrected chi connectivity index (χ4v) is 4.54. The number of rotatable bonds is 7. The monoisotopic (exact) mass is 552 g/mol. The summed E-state index contributed by atoms with van der Waals surface area (Å²) < 4.78 is 25.8. The predicted octanol–water partition coefficient (Wildman–Crippen LogP) is 4.35. The van der Waals surface area contributed by atoms with Crippen LogP contribution in [0.2, 0.25) is 0 Å². The minimum Gasteiger partial charge on any atom is -0.383 e. The van der Waals surface area contributed by atoms with E-state index in [-0.39, 0.29) is 0 Å². The number of likely N-dealkylation sites (tertiary alicyclic amines) is 1. The number of aryl methyl sites for hydroxylation is 1. The SMILES string of the molecule is C#C.CCN1CC(NC=O)C1.Cc1c(CCC2CCNCC2)nn(-c2ccccc2)c1N.Fc1ccccc1F. The first-order chi connectivity index (χ1) is 19.4. The number of halogens is 2. The number of hydrogen-bond acceptors (Lipinski definition) is 5. The van der Waals surface area contributed by atoms with Crippen LogP contribution < -0.4 is 16.4 Å². The lowest BCUT2D eigenvalue weighted by molar-refractivity contribution is -0.111. The third kappa shape index (κ3) is 10.1. The number of carbonyl (C=O) groups is 1. The number of carbonyl (C=O) groups excluding carboxylic acids is 1. The molecule has 2 aliphatic heterocycles. The Morgan fingerprint density at radius 1 is 1.05 bits per heavy atom. The molecule has 4 N–H and O–H groups in total. The molecule has 0 aliphatic carbocycles. The van der Waals surface area contributed by atoms with Crippen molar-refractivity contribution in [1.82, 2.24) is 25.3 Å². The number of aromatic nitrogens is 2. The van der Waals surface area contributed by atoms with Gasteiger partial charge in [-0.05, 0) is 82.4 Å². The van der Waals surface area contributed by atoms with Crippen molar-refractivity contribution in [2.45, 2.75) is 45.6 Å². The average Bonchev–Trinajstić information content (AvgIpc) is 3.27. The molecule has 2 aliphatic rings. The third-order valence-electron chi connectivity index (χ3n) is 7.05. The highest BCUT2D eigenvalue weighted by Crippen LogP contribution is 2.24. The molecule has 3 heterocycles. The van der Waals surface area contributed by atoms with Crippen LogP contribution in [0.5, 0.6) is 0 Å². The molecule has 0 bridgehead atoms. The normalized spacial score (nSPS) is 15.2. The highest BCUT2D eigenvalue weighted by Gasteiger charge is 2.23. The Hall–Kier alpha value is -3.74. The van der Waals surface area contributed by atoms with E-state index < -0.39 is 11.6 Å². The molecule has 0 radical (unpaired) electrons. The topological polar surface area (TPSA) is 88.2 Å². The van der Waals surface area contributed by atoms with Gasteiger partial charge in [-0.3, -0.25) is 9.69 Å². The molecule has 1 amide bonds. The molecule has 3 aromatic rings. The van der Waals surface area contributed by atoms with E-state index in [9.17, 15) is 13.6 Å². The van der Waals surface area contributed by atoms with Crippen molar-refractivity contribution in [2.24, 2.45) is 5.92 Å². The number of benzene rings is 2. The Labute approximate surface area is 237 Å². The largest absolute Gasteiger partial charge is 0.383 e. The zero-order valence-corrected chi connectivity index (χ0v) is 23.5. The summed E-state index contributed by atoms with van der Waals surface area (Å²) >= 11 is 0. The second kappa shape index (κ2) is 17.8. The van der Waals surface area contributed by atoms with Gasteiger partial charge in [0.1, 0.15) is 5.82 Å². The van der Waals surface area contributed by atoms with Crippen LogP contribution in [0.15, 0.2) is 54.6 Å². The second-order valence-corrected chi connectivity index (χ2v) is 9.68. The van der Waals surface area contributed by atoms with Gasteiger partial charge in [0.25, 0.3) is 0 Å². The molecule has 0 atom stereocenters. The van der Waals surface area contributed by atoms with Crippen LogP contribution in [-0.4, -0.2) is 59.9 Å². The van der Waals surface area contributed by atoms with Crippen molar-refractivity contribution in [1.29, 1.82) is 0 Å². The van der Waals surface area contributed by atoms with Crippen LogP contribution in [0.1, 0.15) is 37.4 Å². The summed E-state index contributed by atoms with van der Waals surface area (Å²) in [6.07, 6.45) is 13.6. The lowest BCUT2D eigenvalue weighted by Crippen LogP contribution is -2.57. The summed E-state index contributed by atoms with van der Waals surface area (Å²) in [6, 6.07) is 15.6. The first kappa shape index (κ1) is 32.5. The minimum atomic E-state index is -0.799. The number of para-hydroxylation sites is 1. The van der Waals surface area contributed by atoms with Gasteiger partial charge < -0.3 is 16.4 Å². The third-order valence-corrected chi connectivity index (χ3v) is 7.05. The van der Waals surface area contributed by atoms with Gasteiger partial charge in [0.2, 0.25) is 6.41 Å². The minimum absolute atomic E-state index is 0.419. The van der Waals surface area contributed by atoms with E-state index in [1.165, 1.54) is 31.4 Å². The highest BCUT2D eigenvalue weighted by atomic mass is 19.2. The van der Waals surface area contributed by atoms with Crippen LogP contribution in [0.25, 0.3) is 5.69 Å². The number of terminal acetylenes is 1. The maximum Gasteiger partial charge on any atom is 0.207 e. The lowest BCUT2D eigenvalue weighted by atomic mass is 9.92. The van der Waals surface area contributed by atoms with E-state index in [0.29, 0.717) is 6.04 Å². The van der Waals surface area contributed by atoms with Crippen molar-refractivity contribution < 1.29 is 13.6 Å². The number of nitrogens with one attached hydrogen (secondary N) is 2. The number of likely N-dealkylation sites (N-methyl/N-ethyl adjacent to an activating group) is 1. The number of amides is 1. The Morgan fingerprint density at radius 3 is 2.15 bits per heavy atom. The number of nitrogen functional groups attached to an aromatic ring is 1. The van der Waals surface area contributed by atoms with E-state index in [1.807, 2.05) is 35.0 Å². The molecule has 7 nitrogen and oxygen atoms in total. The molecule has 40 heavy (non-hydrogen) atoms. The highest BCUT2D eigenvalue weighted by molar-refractivity contribution is 5.49. The van der Waals surface area contributed by atoms with E-state index in [1.54, 1.807) is 0 Å². The van der Waals surface area contributed by atoms with Gasteiger partial charge in [-0.15, -0.1) is 12.8 Å². The summed E-state index contributed by atoms with van der Waals surface area (Å²) in [5.41, 5.74) is 9.55. The number of nitrogens with zero attached hydrogens (tertiary/aromatic N) is 3. The number of nitrogens with two attached hydrogens (primary N) is 1. The summed E-state index contributed by atoms with van der Waals surface area (Å²) in [6.45, 7) is 9.66. The summed E-state index contributed by atoms with van der Waals surface area (Å²) in [7, 11) is 0. The van der Waals surface area contributed by atoms with E-state index in [0.717, 1.165) is 86.4 Å². The van der Waals surface area contributed by atoms with Gasteiger partial charge in [-0.2, -0.15) is 5.10 Å². The van der Waals surface area contributed by atoms with Gasteiger partial charge in [-0.25, -0.2) is 13.5 Å². The van der Waals surface area contributed by atoms with Crippen molar-refractivity contribution in [3.63, 3.8) is 0 Å². The smallest absolute Gasteiger partial charge is 0.207 e. The Kier molecular flexibility index (Phi) is 14.4. The van der Waals surface area contributed by atoms with Gasteiger partial charge >= 0.3 is 0 Å². The number of anilines is 1. The van der Waals surface area contributed by atoms with Crippen LogP contribution in [0, 0.1) is 37.3 Å². The van der Waals surface area contributed by atoms with Crippen molar-refractivity contribution in [2.75, 3.05) is 38.5 Å². The molecular weight excluding hydrogens is 510 g/mol. The van der Waals surface area contributed by atoms with Crippen LogP contribution in [0.4, 0.5) is 14.6 Å². The number of piperidine rings is 1. The van der Waals surface area contributed by atoms with Crippen molar-refractivity contribution in [3.8, 4) is 18.5 Å². The molecule has 216 valence electrons. The standard InChI is InChI=1S/C17H24N4.C6H4F2.C6H12N2O.C2H2/c1-13-16(8-7-14-9-11-19-12-10-14)20-21(17(13)18)15-5-3-2-4-6-15;7-5-3-1-2-4-6(5)8;1-2-8-3-6(4-8)7-5-9;1-2/h2-6,14,19H,7-12,18H2,1H3;1-4H;5-6H,2-4H2,1H3,(H,7,9);1-2H. The molecule has 9 heteroatoms. The maximum atomic E-state index is 11.9. The zero-order chi connectivity index (χ0) is 29.3. The van der Waals surface area contributed by atoms with E-state index >= 15 is 0 Å². The van der Waals surface area contributed by atoms with E-state index in [2.05, 4.69) is 42.2 Å². The average molecular weight is 553 g/mol. The van der Waals surface area contributed by atoms with Crippen molar-refractivity contribution >= 4 is 12.2 Å². The summed E-state index contributed by atoms with van der Waals surface area (Å²) in [5.74, 6) is -0.00439. The quantitative estimate of drug-likeness (QED) is 0.300. The molecular formula is C31H42F2N6O. The van der Waals surface area contributed by atoms with Gasteiger partial charge in [0.15, 0.2) is 11.6 Å². The Morgan fingerprint density at radius 2 is 1.62 bits per heavy atom. The first-order valence-corrected chi connectivity index (χ1v) is 13.7. The molecule has 0 unspecified atom stereocenters. The van der Waals surface area contributed by atoms with Gasteiger partial charge in [-0.1, -0.05) is 37.3 Å². The Bertz CT molecular complexity index is 1130. The molecule has 1 aromatic heterocycles. The maximum absolute atomic E-state index is 11.9. The molecule has 5 rings (SSSR count). The first-order valence-electron chi connectivity index (χ1n) is 13.7. The van der Waals surface area contributed by atoms with Crippen molar-refractivity contribution in [3.05, 3.63) is 77.5 Å². The predicted molar refractivity (Wildman–Crippen MR) is 158 cm³/mol. The van der Waals surface area contributed by atoms with E-state index in [4.69, 9.17) is 10.8 Å². The molecule has 2 saturated heterocycles. The fraction of sp³-hybridized carbons (Fsp3) is 0.419. The van der Waals surface area contributed by atoms with Gasteiger partial charge in [0.05, 0.1) is 17.4 Å². The molecule has 2 fully saturated rings. The number of hydrogen-bond donors (Lipinski definition) is 3. The van der Waals surface area contributed by atoms with Crippen LogP contribution >= 0.6 is 0 Å². The second-order valence-electron chi connectivity index (χ2n) is 9.68. The molecule has 0 spiro atoms. The summed E-state index contributed by atoms with van der Waals surface area (Å²) in [5, 5.41) is 10.9. The lowest BCUT2D eigenvalue weighted by Gasteiger charge is -2.37. The zero-order valence-electron chi connectivity index (χ0n) is 23.5. The fourth-order valence-electron chi connectivity index (χ4n) is 4.54. The molecule has 0 saturated carbocycles. The molecule has 2 aromatic carbocycles. The van der Waals surface area contributed by atoms with Crippen LogP contribution in [0.3, 0.4) is 0 Å².